The smallest absolute Gasteiger partial charge is 0.311 e. The lowest BCUT2D eigenvalue weighted by molar-refractivity contribution is -0.142. The van der Waals surface area contributed by atoms with Gasteiger partial charge < -0.3 is 10.1 Å². The first-order chi connectivity index (χ1) is 12.4. The molecule has 0 radical (unpaired) electrons. The SMILES string of the molecule is CCOC(=O)Cc1csc(NC(=O)c2cccc(NC(=O)C(C)C)c2)n1. The summed E-state index contributed by atoms with van der Waals surface area (Å²) in [5.74, 6) is -0.973. The summed E-state index contributed by atoms with van der Waals surface area (Å²) in [4.78, 5) is 39.8. The summed E-state index contributed by atoms with van der Waals surface area (Å²) in [6.07, 6.45) is 0.0664. The predicted molar refractivity (Wildman–Crippen MR) is 100 cm³/mol. The molecule has 2 aromatic rings. The van der Waals surface area contributed by atoms with E-state index in [0.717, 1.165) is 0 Å². The summed E-state index contributed by atoms with van der Waals surface area (Å²) in [5, 5.41) is 7.54. The van der Waals surface area contributed by atoms with Crippen LogP contribution in [0.4, 0.5) is 10.8 Å². The average molecular weight is 375 g/mol. The highest BCUT2D eigenvalue weighted by Crippen LogP contribution is 2.18. The Bertz CT molecular complexity index is 801. The van der Waals surface area contributed by atoms with Crippen molar-refractivity contribution in [1.82, 2.24) is 4.98 Å². The average Bonchev–Trinajstić information content (AvgIpc) is 3.02. The second-order valence-corrected chi connectivity index (χ2v) is 6.66. The molecule has 1 aromatic carbocycles. The lowest BCUT2D eigenvalue weighted by atomic mass is 10.1. The second-order valence-electron chi connectivity index (χ2n) is 5.80. The van der Waals surface area contributed by atoms with Crippen molar-refractivity contribution in [2.75, 3.05) is 17.2 Å². The topological polar surface area (TPSA) is 97.4 Å². The van der Waals surface area contributed by atoms with Gasteiger partial charge in [0.1, 0.15) is 0 Å². The van der Waals surface area contributed by atoms with Gasteiger partial charge in [0, 0.05) is 22.5 Å². The molecule has 0 fully saturated rings. The highest BCUT2D eigenvalue weighted by atomic mass is 32.1. The highest BCUT2D eigenvalue weighted by Gasteiger charge is 2.13. The van der Waals surface area contributed by atoms with Crippen LogP contribution in [0.3, 0.4) is 0 Å². The zero-order valence-electron chi connectivity index (χ0n) is 14.9. The van der Waals surface area contributed by atoms with Gasteiger partial charge in [-0.25, -0.2) is 4.98 Å². The number of hydrogen-bond acceptors (Lipinski definition) is 6. The summed E-state index contributed by atoms with van der Waals surface area (Å²) in [5.41, 5.74) is 1.49. The first kappa shape index (κ1) is 19.6. The Hall–Kier alpha value is -2.74. The predicted octanol–water partition coefficient (Wildman–Crippen LogP) is 3.10. The first-order valence-electron chi connectivity index (χ1n) is 8.21. The summed E-state index contributed by atoms with van der Waals surface area (Å²) in [6.45, 7) is 5.64. The Balaban J connectivity index is 2.00. The monoisotopic (exact) mass is 375 g/mol. The van der Waals surface area contributed by atoms with E-state index in [-0.39, 0.29) is 30.1 Å². The zero-order valence-corrected chi connectivity index (χ0v) is 15.7. The Morgan fingerprint density at radius 3 is 2.69 bits per heavy atom. The van der Waals surface area contributed by atoms with Gasteiger partial charge in [-0.05, 0) is 25.1 Å². The minimum atomic E-state index is -0.357. The van der Waals surface area contributed by atoms with E-state index in [0.29, 0.717) is 28.7 Å². The normalized spacial score (nSPS) is 10.5. The van der Waals surface area contributed by atoms with E-state index in [1.165, 1.54) is 11.3 Å². The molecular weight excluding hydrogens is 354 g/mol. The fourth-order valence-electron chi connectivity index (χ4n) is 2.00. The van der Waals surface area contributed by atoms with Gasteiger partial charge in [0.2, 0.25) is 5.91 Å². The molecule has 0 bridgehead atoms. The molecule has 0 aliphatic rings. The van der Waals surface area contributed by atoms with Crippen molar-refractivity contribution >= 4 is 39.9 Å². The Morgan fingerprint density at radius 1 is 1.23 bits per heavy atom. The number of anilines is 2. The number of nitrogens with zero attached hydrogens (tertiary/aromatic N) is 1. The molecule has 138 valence electrons. The molecule has 1 aromatic heterocycles. The molecule has 0 saturated carbocycles. The fourth-order valence-corrected chi connectivity index (χ4v) is 2.70. The number of thiazole rings is 1. The molecule has 0 spiro atoms. The number of hydrogen-bond donors (Lipinski definition) is 2. The number of rotatable bonds is 7. The van der Waals surface area contributed by atoms with Crippen LogP contribution in [0.1, 0.15) is 36.8 Å². The van der Waals surface area contributed by atoms with Crippen LogP contribution >= 0.6 is 11.3 Å². The van der Waals surface area contributed by atoms with Gasteiger partial charge in [0.25, 0.3) is 5.91 Å². The molecule has 0 atom stereocenters. The molecule has 0 saturated heterocycles. The number of ether oxygens (including phenoxy) is 1. The molecule has 0 aliphatic heterocycles. The summed E-state index contributed by atoms with van der Waals surface area (Å²) in [6, 6.07) is 6.66. The van der Waals surface area contributed by atoms with Crippen molar-refractivity contribution in [3.63, 3.8) is 0 Å². The Labute approximate surface area is 155 Å². The maximum Gasteiger partial charge on any atom is 0.311 e. The molecule has 2 amide bonds. The van der Waals surface area contributed by atoms with Crippen molar-refractivity contribution < 1.29 is 19.1 Å². The van der Waals surface area contributed by atoms with Crippen LogP contribution < -0.4 is 10.6 Å². The maximum absolute atomic E-state index is 12.4. The lowest BCUT2D eigenvalue weighted by Gasteiger charge is -2.09. The van der Waals surface area contributed by atoms with Crippen molar-refractivity contribution in [2.24, 2.45) is 5.92 Å². The summed E-state index contributed by atoms with van der Waals surface area (Å²) in [7, 11) is 0. The van der Waals surface area contributed by atoms with Gasteiger partial charge in [-0.3, -0.25) is 19.7 Å². The van der Waals surface area contributed by atoms with E-state index in [1.807, 2.05) is 0 Å². The van der Waals surface area contributed by atoms with Gasteiger partial charge in [0.15, 0.2) is 5.13 Å². The molecule has 26 heavy (non-hydrogen) atoms. The minimum absolute atomic E-state index is 0.0664. The standard InChI is InChI=1S/C18H21N3O4S/c1-4-25-15(22)9-14-10-26-18(20-14)21-17(24)12-6-5-7-13(8-12)19-16(23)11(2)3/h5-8,10-11H,4,9H2,1-3H3,(H,19,23)(H,20,21,24). The van der Waals surface area contributed by atoms with Gasteiger partial charge in [-0.1, -0.05) is 19.9 Å². The first-order valence-corrected chi connectivity index (χ1v) is 9.09. The molecule has 8 heteroatoms. The van der Waals surface area contributed by atoms with E-state index in [1.54, 1.807) is 50.4 Å². The van der Waals surface area contributed by atoms with E-state index >= 15 is 0 Å². The third-order valence-corrected chi connectivity index (χ3v) is 4.13. The van der Waals surface area contributed by atoms with Crippen LogP contribution in [-0.2, 0) is 20.7 Å². The third-order valence-electron chi connectivity index (χ3n) is 3.32. The number of aromatic nitrogens is 1. The molecule has 1 heterocycles. The Kier molecular flexibility index (Phi) is 6.85. The quantitative estimate of drug-likeness (QED) is 0.725. The lowest BCUT2D eigenvalue weighted by Crippen LogP contribution is -2.18. The molecular formula is C18H21N3O4S. The van der Waals surface area contributed by atoms with Crippen LogP contribution in [0, 0.1) is 5.92 Å². The number of carbonyl (C=O) groups is 3. The molecule has 2 N–H and O–H groups in total. The van der Waals surface area contributed by atoms with Crippen molar-refractivity contribution in [3.8, 4) is 0 Å². The maximum atomic E-state index is 12.4. The largest absolute Gasteiger partial charge is 0.466 e. The number of amides is 2. The van der Waals surface area contributed by atoms with Crippen LogP contribution in [0.25, 0.3) is 0 Å². The minimum Gasteiger partial charge on any atom is -0.466 e. The number of esters is 1. The van der Waals surface area contributed by atoms with Crippen LogP contribution in [0.2, 0.25) is 0 Å². The molecule has 2 rings (SSSR count). The van der Waals surface area contributed by atoms with Gasteiger partial charge in [-0.15, -0.1) is 11.3 Å². The second kappa shape index (κ2) is 9.10. The van der Waals surface area contributed by atoms with Crippen LogP contribution in [0.15, 0.2) is 29.6 Å². The van der Waals surface area contributed by atoms with Gasteiger partial charge >= 0.3 is 5.97 Å². The van der Waals surface area contributed by atoms with Crippen molar-refractivity contribution in [2.45, 2.75) is 27.2 Å². The van der Waals surface area contributed by atoms with Crippen molar-refractivity contribution in [1.29, 1.82) is 0 Å². The van der Waals surface area contributed by atoms with E-state index in [2.05, 4.69) is 15.6 Å². The van der Waals surface area contributed by atoms with Gasteiger partial charge in [0.05, 0.1) is 18.7 Å². The molecule has 7 nitrogen and oxygen atoms in total. The van der Waals surface area contributed by atoms with E-state index in [9.17, 15) is 14.4 Å². The Morgan fingerprint density at radius 2 is 2.00 bits per heavy atom. The number of carbonyl (C=O) groups excluding carboxylic acids is 3. The molecule has 0 aliphatic carbocycles. The van der Waals surface area contributed by atoms with E-state index in [4.69, 9.17) is 4.74 Å². The van der Waals surface area contributed by atoms with Gasteiger partial charge in [-0.2, -0.15) is 0 Å². The highest BCUT2D eigenvalue weighted by molar-refractivity contribution is 7.14. The summed E-state index contributed by atoms with van der Waals surface area (Å²) < 4.78 is 4.87. The third kappa shape index (κ3) is 5.66. The molecule has 0 unspecified atom stereocenters. The van der Waals surface area contributed by atoms with E-state index < -0.39 is 0 Å². The number of nitrogens with one attached hydrogen (secondary N) is 2. The zero-order chi connectivity index (χ0) is 19.1. The van der Waals surface area contributed by atoms with Crippen molar-refractivity contribution in [3.05, 3.63) is 40.9 Å². The van der Waals surface area contributed by atoms with Crippen LogP contribution in [0.5, 0.6) is 0 Å². The summed E-state index contributed by atoms with van der Waals surface area (Å²) >= 11 is 1.23. The van der Waals surface area contributed by atoms with Crippen LogP contribution in [-0.4, -0.2) is 29.4 Å². The fraction of sp³-hybridized carbons (Fsp3) is 0.333. The number of benzene rings is 1.